The van der Waals surface area contributed by atoms with Crippen LogP contribution in [0.2, 0.25) is 0 Å². The molecule has 1 heterocycles. The Morgan fingerprint density at radius 1 is 1.31 bits per heavy atom. The molecule has 198 valence electrons. The van der Waals surface area contributed by atoms with Crippen LogP contribution in [0.15, 0.2) is 72.6 Å². The molecule has 1 atom stereocenters. The van der Waals surface area contributed by atoms with Crippen molar-refractivity contribution in [3.63, 3.8) is 0 Å². The summed E-state index contributed by atoms with van der Waals surface area (Å²) in [5, 5.41) is 17.7. The van der Waals surface area contributed by atoms with Crippen LogP contribution in [0.5, 0.6) is 0 Å². The standard InChI is InChI=1S/C29H44N4O3/c1-8-12-22(9-2)25-19-28(6,7)33(30)26(31-25)24(20-36-18-17-34)27(35)32-29(10-3,11-4)23-15-13-21(5)14-16-23/h8-9,12-16,25,31,34H,1-2,10-11,17-20,30H2,3-7H3,(H,32,35)/b22-12+,26-24+. The van der Waals surface area contributed by atoms with Crippen molar-refractivity contribution in [3.8, 4) is 0 Å². The van der Waals surface area contributed by atoms with Gasteiger partial charge in [0.25, 0.3) is 5.91 Å². The van der Waals surface area contributed by atoms with Crippen molar-refractivity contribution in [2.75, 3.05) is 19.8 Å². The number of carbonyl (C=O) groups excluding carboxylic acids is 1. The van der Waals surface area contributed by atoms with E-state index < -0.39 is 11.1 Å². The van der Waals surface area contributed by atoms with E-state index in [9.17, 15) is 9.90 Å². The molecule has 1 aromatic rings. The molecule has 0 radical (unpaired) electrons. The normalized spacial score (nSPS) is 19.4. The summed E-state index contributed by atoms with van der Waals surface area (Å²) in [4.78, 5) is 14.0. The predicted octanol–water partition coefficient (Wildman–Crippen LogP) is 3.96. The first-order valence-corrected chi connectivity index (χ1v) is 12.7. The van der Waals surface area contributed by atoms with E-state index in [0.29, 0.717) is 17.8 Å². The van der Waals surface area contributed by atoms with Gasteiger partial charge in [0.05, 0.1) is 42.5 Å². The highest BCUT2D eigenvalue weighted by Crippen LogP contribution is 2.33. The molecule has 1 aromatic carbocycles. The summed E-state index contributed by atoms with van der Waals surface area (Å²) >= 11 is 0. The summed E-state index contributed by atoms with van der Waals surface area (Å²) in [6, 6.07) is 8.14. The van der Waals surface area contributed by atoms with Crippen LogP contribution in [0.25, 0.3) is 0 Å². The number of hydrogen-bond acceptors (Lipinski definition) is 6. The average molecular weight is 497 g/mol. The van der Waals surface area contributed by atoms with E-state index in [2.05, 4.69) is 61.9 Å². The van der Waals surface area contributed by atoms with Crippen LogP contribution in [-0.2, 0) is 15.1 Å². The van der Waals surface area contributed by atoms with Crippen molar-refractivity contribution in [1.29, 1.82) is 0 Å². The van der Waals surface area contributed by atoms with Gasteiger partial charge in [-0.05, 0) is 51.2 Å². The third-order valence-electron chi connectivity index (χ3n) is 7.06. The summed E-state index contributed by atoms with van der Waals surface area (Å²) in [5.74, 6) is 6.83. The fraction of sp³-hybridized carbons (Fsp3) is 0.483. The lowest BCUT2D eigenvalue weighted by Crippen LogP contribution is -2.61. The smallest absolute Gasteiger partial charge is 0.253 e. The Labute approximate surface area is 216 Å². The number of allylic oxidation sites excluding steroid dienone is 2. The van der Waals surface area contributed by atoms with Gasteiger partial charge in [-0.3, -0.25) is 9.80 Å². The fourth-order valence-corrected chi connectivity index (χ4v) is 4.64. The SMILES string of the molecule is C=C/C=C(\C=C)C1CC(C)(C)N(N)/C(=C(\COCCO)C(=O)NC(CC)(CC)c2ccc(C)cc2)N1. The van der Waals surface area contributed by atoms with Gasteiger partial charge in [-0.15, -0.1) is 0 Å². The number of nitrogens with zero attached hydrogens (tertiary/aromatic N) is 1. The molecule has 2 rings (SSSR count). The highest BCUT2D eigenvalue weighted by atomic mass is 16.5. The van der Waals surface area contributed by atoms with Gasteiger partial charge in [0, 0.05) is 0 Å². The number of hydrogen-bond donors (Lipinski definition) is 4. The zero-order valence-electron chi connectivity index (χ0n) is 22.6. The lowest BCUT2D eigenvalue weighted by molar-refractivity contribution is -0.120. The third-order valence-corrected chi connectivity index (χ3v) is 7.06. The number of nitrogens with one attached hydrogen (secondary N) is 2. The van der Waals surface area contributed by atoms with Crippen LogP contribution < -0.4 is 16.5 Å². The maximum Gasteiger partial charge on any atom is 0.253 e. The lowest BCUT2D eigenvalue weighted by atomic mass is 9.83. The number of rotatable bonds is 12. The van der Waals surface area contributed by atoms with Gasteiger partial charge in [-0.1, -0.05) is 75.1 Å². The Morgan fingerprint density at radius 2 is 1.94 bits per heavy atom. The summed E-state index contributed by atoms with van der Waals surface area (Å²) in [6.07, 6.45) is 7.55. The van der Waals surface area contributed by atoms with Gasteiger partial charge in [-0.25, -0.2) is 5.84 Å². The van der Waals surface area contributed by atoms with Gasteiger partial charge in [0.15, 0.2) is 0 Å². The van der Waals surface area contributed by atoms with E-state index in [0.717, 1.165) is 29.5 Å². The van der Waals surface area contributed by atoms with Gasteiger partial charge >= 0.3 is 0 Å². The van der Waals surface area contributed by atoms with Crippen molar-refractivity contribution >= 4 is 5.91 Å². The first-order valence-electron chi connectivity index (χ1n) is 12.7. The topological polar surface area (TPSA) is 99.8 Å². The third kappa shape index (κ3) is 6.66. The van der Waals surface area contributed by atoms with Crippen molar-refractivity contribution in [1.82, 2.24) is 15.6 Å². The molecule has 7 nitrogen and oxygen atoms in total. The second-order valence-electron chi connectivity index (χ2n) is 9.90. The molecule has 1 unspecified atom stereocenters. The monoisotopic (exact) mass is 496 g/mol. The number of nitrogens with two attached hydrogens (primary N) is 1. The first-order chi connectivity index (χ1) is 17.1. The molecular weight excluding hydrogens is 452 g/mol. The summed E-state index contributed by atoms with van der Waals surface area (Å²) in [5.41, 5.74) is 2.54. The number of aliphatic hydroxyl groups is 1. The molecule has 0 saturated carbocycles. The van der Waals surface area contributed by atoms with Gasteiger partial charge in [0.1, 0.15) is 5.82 Å². The maximum atomic E-state index is 14.0. The molecule has 1 saturated heterocycles. The van der Waals surface area contributed by atoms with E-state index in [1.54, 1.807) is 17.2 Å². The molecule has 0 aliphatic carbocycles. The van der Waals surface area contributed by atoms with Crippen LogP contribution in [0.1, 0.15) is 58.1 Å². The minimum absolute atomic E-state index is 0.00275. The number of amides is 1. The molecule has 1 aliphatic rings. The zero-order chi connectivity index (χ0) is 26.9. The van der Waals surface area contributed by atoms with Gasteiger partial charge in [-0.2, -0.15) is 0 Å². The second kappa shape index (κ2) is 12.9. The number of hydrazine groups is 1. The molecule has 36 heavy (non-hydrogen) atoms. The number of aryl methyl sites for hydroxylation is 1. The maximum absolute atomic E-state index is 14.0. The largest absolute Gasteiger partial charge is 0.394 e. The van der Waals surface area contributed by atoms with E-state index in [4.69, 9.17) is 10.6 Å². The molecule has 1 aliphatic heterocycles. The molecule has 0 spiro atoms. The molecule has 5 N–H and O–H groups in total. The highest BCUT2D eigenvalue weighted by molar-refractivity contribution is 5.95. The number of aliphatic hydroxyl groups excluding tert-OH is 1. The highest BCUT2D eigenvalue weighted by Gasteiger charge is 2.40. The minimum atomic E-state index is -0.550. The molecule has 0 bridgehead atoms. The van der Waals surface area contributed by atoms with Crippen molar-refractivity contribution in [2.24, 2.45) is 5.84 Å². The van der Waals surface area contributed by atoms with E-state index >= 15 is 0 Å². The van der Waals surface area contributed by atoms with Crippen molar-refractivity contribution < 1.29 is 14.6 Å². The summed E-state index contributed by atoms with van der Waals surface area (Å²) in [7, 11) is 0. The number of benzene rings is 1. The van der Waals surface area contributed by atoms with Crippen LogP contribution in [-0.4, -0.2) is 47.4 Å². The number of carbonyl (C=O) groups is 1. The molecule has 1 amide bonds. The molecule has 7 heteroatoms. The Balaban J connectivity index is 2.58. The Hall–Kier alpha value is -2.87. The molecule has 1 fully saturated rings. The summed E-state index contributed by atoms with van der Waals surface area (Å²) in [6.45, 7) is 18.0. The molecule has 0 aromatic heterocycles. The first kappa shape index (κ1) is 29.4. The zero-order valence-corrected chi connectivity index (χ0v) is 22.6. The van der Waals surface area contributed by atoms with Crippen LogP contribution in [0.3, 0.4) is 0 Å². The Bertz CT molecular complexity index is 975. The van der Waals surface area contributed by atoms with Crippen molar-refractivity contribution in [3.05, 3.63) is 83.7 Å². The van der Waals surface area contributed by atoms with Gasteiger partial charge < -0.3 is 20.5 Å². The Kier molecular flexibility index (Phi) is 10.5. The molecular formula is C29H44N4O3. The predicted molar refractivity (Wildman–Crippen MR) is 147 cm³/mol. The second-order valence-corrected chi connectivity index (χ2v) is 9.90. The number of ether oxygens (including phenoxy) is 1. The lowest BCUT2D eigenvalue weighted by Gasteiger charge is -2.47. The minimum Gasteiger partial charge on any atom is -0.394 e. The van der Waals surface area contributed by atoms with E-state index in [1.165, 1.54) is 0 Å². The Morgan fingerprint density at radius 3 is 2.47 bits per heavy atom. The summed E-state index contributed by atoms with van der Waals surface area (Å²) < 4.78 is 5.67. The van der Waals surface area contributed by atoms with Crippen LogP contribution in [0.4, 0.5) is 0 Å². The quantitative estimate of drug-likeness (QED) is 0.151. The van der Waals surface area contributed by atoms with E-state index in [-0.39, 0.29) is 31.8 Å². The van der Waals surface area contributed by atoms with Crippen LogP contribution in [0, 0.1) is 6.92 Å². The fourth-order valence-electron chi connectivity index (χ4n) is 4.64. The van der Waals surface area contributed by atoms with Gasteiger partial charge in [0.2, 0.25) is 0 Å². The van der Waals surface area contributed by atoms with Crippen LogP contribution >= 0.6 is 0 Å². The van der Waals surface area contributed by atoms with Crippen molar-refractivity contribution in [2.45, 2.75) is 71.0 Å². The van der Waals surface area contributed by atoms with E-state index in [1.807, 2.05) is 26.8 Å². The average Bonchev–Trinajstić information content (AvgIpc) is 2.86.